The molecule has 1 rings (SSSR count). The molecule has 0 spiro atoms. The third-order valence-electron chi connectivity index (χ3n) is 2.42. The van der Waals surface area contributed by atoms with Gasteiger partial charge in [-0.1, -0.05) is 6.92 Å². The molecular weight excluding hydrogens is 267 g/mol. The van der Waals surface area contributed by atoms with E-state index in [0.29, 0.717) is 6.54 Å². The lowest BCUT2D eigenvalue weighted by Crippen LogP contribution is -2.36. The zero-order chi connectivity index (χ0) is 15.3. The monoisotopic (exact) mass is 284 g/mol. The molecule has 2 N–H and O–H groups in total. The number of anilines is 1. The standard InChI is InChI=1S/C12H17FN4O3/c1-4-5-14-10-6-8(12(18)15-16(2)3)11(17(19)20)7-9(10)13/h6-7,14H,4-5H2,1-3H3,(H,15,18). The molecule has 0 radical (unpaired) electrons. The van der Waals surface area contributed by atoms with Gasteiger partial charge in [0.15, 0.2) is 5.82 Å². The third kappa shape index (κ3) is 3.89. The first-order chi connectivity index (χ1) is 9.36. The highest BCUT2D eigenvalue weighted by molar-refractivity contribution is 5.98. The summed E-state index contributed by atoms with van der Waals surface area (Å²) >= 11 is 0. The zero-order valence-corrected chi connectivity index (χ0v) is 11.6. The Morgan fingerprint density at radius 1 is 1.45 bits per heavy atom. The van der Waals surface area contributed by atoms with Gasteiger partial charge in [-0.25, -0.2) is 9.40 Å². The average Bonchev–Trinajstić information content (AvgIpc) is 2.35. The van der Waals surface area contributed by atoms with Crippen LogP contribution in [0.1, 0.15) is 23.7 Å². The molecule has 8 heteroatoms. The van der Waals surface area contributed by atoms with Crippen LogP contribution in [0.4, 0.5) is 15.8 Å². The number of amides is 1. The number of nitrogens with zero attached hydrogens (tertiary/aromatic N) is 2. The molecule has 0 heterocycles. The summed E-state index contributed by atoms with van der Waals surface area (Å²) in [6.45, 7) is 2.40. The van der Waals surface area contributed by atoms with Crippen LogP contribution in [-0.4, -0.2) is 36.5 Å². The largest absolute Gasteiger partial charge is 0.383 e. The lowest BCUT2D eigenvalue weighted by atomic mass is 10.1. The van der Waals surface area contributed by atoms with E-state index in [1.165, 1.54) is 5.01 Å². The van der Waals surface area contributed by atoms with Crippen LogP contribution < -0.4 is 10.7 Å². The molecule has 1 amide bonds. The van der Waals surface area contributed by atoms with E-state index >= 15 is 0 Å². The molecule has 0 aliphatic carbocycles. The van der Waals surface area contributed by atoms with Crippen molar-refractivity contribution >= 4 is 17.3 Å². The van der Waals surface area contributed by atoms with Gasteiger partial charge in [-0.05, 0) is 12.5 Å². The summed E-state index contributed by atoms with van der Waals surface area (Å²) in [5, 5.41) is 15.1. The predicted molar refractivity (Wildman–Crippen MR) is 73.0 cm³/mol. The highest BCUT2D eigenvalue weighted by Gasteiger charge is 2.23. The van der Waals surface area contributed by atoms with E-state index in [1.54, 1.807) is 14.1 Å². The Balaban J connectivity index is 3.22. The fourth-order valence-electron chi connectivity index (χ4n) is 1.55. The molecule has 0 fully saturated rings. The molecule has 1 aromatic rings. The number of benzene rings is 1. The minimum atomic E-state index is -0.781. The normalized spacial score (nSPS) is 10.4. The van der Waals surface area contributed by atoms with Crippen molar-refractivity contribution in [3.63, 3.8) is 0 Å². The molecule has 0 unspecified atom stereocenters. The fraction of sp³-hybridized carbons (Fsp3) is 0.417. The Bertz CT molecular complexity index is 520. The van der Waals surface area contributed by atoms with E-state index in [4.69, 9.17) is 0 Å². The van der Waals surface area contributed by atoms with Crippen molar-refractivity contribution in [2.45, 2.75) is 13.3 Å². The van der Waals surface area contributed by atoms with Crippen LogP contribution in [0.15, 0.2) is 12.1 Å². The van der Waals surface area contributed by atoms with Crippen molar-refractivity contribution in [2.75, 3.05) is 26.0 Å². The molecule has 0 bridgehead atoms. The van der Waals surface area contributed by atoms with Gasteiger partial charge >= 0.3 is 0 Å². The molecule has 0 aromatic heterocycles. The maximum Gasteiger partial charge on any atom is 0.285 e. The highest BCUT2D eigenvalue weighted by atomic mass is 19.1. The van der Waals surface area contributed by atoms with Crippen molar-refractivity contribution in [1.82, 2.24) is 10.4 Å². The van der Waals surface area contributed by atoms with Crippen LogP contribution in [0, 0.1) is 15.9 Å². The van der Waals surface area contributed by atoms with Crippen LogP contribution in [-0.2, 0) is 0 Å². The Hall–Kier alpha value is -2.22. The van der Waals surface area contributed by atoms with Gasteiger partial charge in [0.05, 0.1) is 16.7 Å². The minimum absolute atomic E-state index is 0.0707. The number of carbonyl (C=O) groups excluding carboxylic acids is 1. The molecular formula is C12H17FN4O3. The first-order valence-electron chi connectivity index (χ1n) is 6.07. The summed E-state index contributed by atoms with van der Waals surface area (Å²) in [6.07, 6.45) is 0.760. The molecule has 0 atom stereocenters. The number of nitro groups is 1. The highest BCUT2D eigenvalue weighted by Crippen LogP contribution is 2.26. The lowest BCUT2D eigenvalue weighted by molar-refractivity contribution is -0.385. The second-order valence-corrected chi connectivity index (χ2v) is 4.37. The number of halogens is 1. The minimum Gasteiger partial charge on any atom is -0.383 e. The molecule has 1 aromatic carbocycles. The van der Waals surface area contributed by atoms with E-state index in [2.05, 4.69) is 10.7 Å². The second kappa shape index (κ2) is 6.80. The van der Waals surface area contributed by atoms with Gasteiger partial charge in [-0.15, -0.1) is 0 Å². The number of hydrazine groups is 1. The molecule has 0 aliphatic rings. The summed E-state index contributed by atoms with van der Waals surface area (Å²) in [5.74, 6) is -1.42. The van der Waals surface area contributed by atoms with Crippen LogP contribution in [0.5, 0.6) is 0 Å². The van der Waals surface area contributed by atoms with Crippen LogP contribution in [0.25, 0.3) is 0 Å². The number of hydrogen-bond acceptors (Lipinski definition) is 5. The van der Waals surface area contributed by atoms with Gasteiger partial charge in [-0.3, -0.25) is 20.3 Å². The SMILES string of the molecule is CCCNc1cc(C(=O)NN(C)C)c([N+](=O)[O-])cc1F. The van der Waals surface area contributed by atoms with Crippen molar-refractivity contribution < 1.29 is 14.1 Å². The average molecular weight is 284 g/mol. The fourth-order valence-corrected chi connectivity index (χ4v) is 1.55. The molecule has 0 aliphatic heterocycles. The van der Waals surface area contributed by atoms with Gasteiger partial charge in [0.1, 0.15) is 5.56 Å². The van der Waals surface area contributed by atoms with Crippen LogP contribution >= 0.6 is 0 Å². The maximum absolute atomic E-state index is 13.7. The smallest absolute Gasteiger partial charge is 0.285 e. The zero-order valence-electron chi connectivity index (χ0n) is 11.6. The quantitative estimate of drug-likeness (QED) is 0.614. The summed E-state index contributed by atoms with van der Waals surface area (Å²) in [6, 6.07) is 1.91. The third-order valence-corrected chi connectivity index (χ3v) is 2.42. The topological polar surface area (TPSA) is 87.5 Å². The molecule has 20 heavy (non-hydrogen) atoms. The Morgan fingerprint density at radius 3 is 2.60 bits per heavy atom. The molecule has 110 valence electrons. The summed E-state index contributed by atoms with van der Waals surface area (Å²) in [5.41, 5.74) is 1.71. The molecule has 0 saturated heterocycles. The predicted octanol–water partition coefficient (Wildman–Crippen LogP) is 1.76. The summed E-state index contributed by atoms with van der Waals surface area (Å²) in [7, 11) is 3.15. The van der Waals surface area contributed by atoms with E-state index < -0.39 is 22.3 Å². The molecule has 0 saturated carbocycles. The van der Waals surface area contributed by atoms with Gasteiger partial charge in [-0.2, -0.15) is 0 Å². The first-order valence-corrected chi connectivity index (χ1v) is 6.07. The lowest BCUT2D eigenvalue weighted by Gasteiger charge is -2.13. The van der Waals surface area contributed by atoms with E-state index in [1.807, 2.05) is 6.92 Å². The Kier molecular flexibility index (Phi) is 5.39. The molecule has 7 nitrogen and oxygen atoms in total. The van der Waals surface area contributed by atoms with Crippen molar-refractivity contribution in [2.24, 2.45) is 0 Å². The summed E-state index contributed by atoms with van der Waals surface area (Å²) < 4.78 is 13.7. The van der Waals surface area contributed by atoms with Gasteiger partial charge in [0.2, 0.25) is 0 Å². The van der Waals surface area contributed by atoms with Crippen molar-refractivity contribution in [3.05, 3.63) is 33.6 Å². The number of nitrogens with one attached hydrogen (secondary N) is 2. The Morgan fingerprint density at radius 2 is 2.10 bits per heavy atom. The van der Waals surface area contributed by atoms with Crippen LogP contribution in [0.3, 0.4) is 0 Å². The number of carbonyl (C=O) groups is 1. The number of nitro benzene ring substituents is 1. The van der Waals surface area contributed by atoms with E-state index in [9.17, 15) is 19.3 Å². The van der Waals surface area contributed by atoms with E-state index in [0.717, 1.165) is 18.6 Å². The van der Waals surface area contributed by atoms with Gasteiger partial charge in [0, 0.05) is 20.6 Å². The number of rotatable bonds is 6. The van der Waals surface area contributed by atoms with E-state index in [-0.39, 0.29) is 11.3 Å². The van der Waals surface area contributed by atoms with Crippen LogP contribution in [0.2, 0.25) is 0 Å². The summed E-state index contributed by atoms with van der Waals surface area (Å²) in [4.78, 5) is 22.0. The van der Waals surface area contributed by atoms with Crippen molar-refractivity contribution in [3.8, 4) is 0 Å². The van der Waals surface area contributed by atoms with Crippen molar-refractivity contribution in [1.29, 1.82) is 0 Å². The maximum atomic E-state index is 13.7. The first kappa shape index (κ1) is 15.8. The number of hydrogen-bond donors (Lipinski definition) is 2. The van der Waals surface area contributed by atoms with Gasteiger partial charge in [0.25, 0.3) is 11.6 Å². The Labute approximate surface area is 115 Å². The van der Waals surface area contributed by atoms with Gasteiger partial charge < -0.3 is 5.32 Å². The second-order valence-electron chi connectivity index (χ2n) is 4.37.